The van der Waals surface area contributed by atoms with Crippen LogP contribution in [-0.2, 0) is 21.4 Å². The van der Waals surface area contributed by atoms with Gasteiger partial charge >= 0.3 is 0 Å². The van der Waals surface area contributed by atoms with E-state index < -0.39 is 17.3 Å². The van der Waals surface area contributed by atoms with E-state index in [1.807, 2.05) is 146 Å². The van der Waals surface area contributed by atoms with Crippen LogP contribution >= 0.6 is 0 Å². The number of methoxy groups -OCH3 is 1. The first-order chi connectivity index (χ1) is 48.4. The molecule has 574 valence electrons. The molecule has 2 atom stereocenters. The number of imidazole rings is 1. The molecule has 0 radical (unpaired) electrons. The lowest BCUT2D eigenvalue weighted by Gasteiger charge is -2.13. The zero-order valence-corrected chi connectivity index (χ0v) is 69.5. The Kier molecular flexibility index (Phi) is 74.0. The summed E-state index contributed by atoms with van der Waals surface area (Å²) in [5, 5.41) is 61.9. The number of rotatable bonds is 4. The van der Waals surface area contributed by atoms with Gasteiger partial charge in [-0.2, -0.15) is 0 Å². The monoisotopic (exact) mass is 1430 g/mol. The number of carbonyl (C=O) groups excluding carboxylic acids is 1. The van der Waals surface area contributed by atoms with Crippen LogP contribution in [0.3, 0.4) is 0 Å². The Morgan fingerprint density at radius 1 is 0.577 bits per heavy atom. The largest absolute Gasteiger partial charge is 0.411 e. The van der Waals surface area contributed by atoms with E-state index in [-0.39, 0.29) is 18.3 Å². The van der Waals surface area contributed by atoms with Gasteiger partial charge in [0, 0.05) is 104 Å². The predicted molar refractivity (Wildman–Crippen MR) is 435 cm³/mol. The minimum Gasteiger partial charge on any atom is -0.411 e. The van der Waals surface area contributed by atoms with E-state index in [9.17, 15) is 9.90 Å². The molecule has 2 unspecified atom stereocenters. The van der Waals surface area contributed by atoms with Crippen molar-refractivity contribution in [3.8, 4) is 118 Å². The van der Waals surface area contributed by atoms with Gasteiger partial charge in [-0.1, -0.05) is 263 Å². The van der Waals surface area contributed by atoms with Crippen LogP contribution < -0.4 is 0 Å². The molecule has 16 nitrogen and oxygen atoms in total. The summed E-state index contributed by atoms with van der Waals surface area (Å²) in [5.74, 6) is 61.6. The van der Waals surface area contributed by atoms with Crippen molar-refractivity contribution in [1.82, 2.24) is 19.5 Å². The summed E-state index contributed by atoms with van der Waals surface area (Å²) < 4.78 is 6.63. The predicted octanol–water partition coefficient (Wildman–Crippen LogP) is 16.2. The smallest absolute Gasteiger partial charge is 0.202 e. The number of oxime groups is 3. The number of aliphatic hydroxyl groups excluding tert-OH is 2. The number of ketones is 1. The van der Waals surface area contributed by atoms with Crippen LogP contribution in [0.25, 0.3) is 0 Å². The average Bonchev–Trinajstić information content (AvgIpc) is 1.73. The summed E-state index contributed by atoms with van der Waals surface area (Å²) in [5.41, 5.74) is 2.95. The van der Waals surface area contributed by atoms with Crippen LogP contribution in [0.4, 0.5) is 0 Å². The molecule has 0 aromatic carbocycles. The summed E-state index contributed by atoms with van der Waals surface area (Å²) >= 11 is 0. The highest BCUT2D eigenvalue weighted by atomic mass is 16.6. The Morgan fingerprint density at radius 2 is 1.04 bits per heavy atom. The Bertz CT molecular complexity index is 3390. The Labute approximate surface area is 633 Å². The summed E-state index contributed by atoms with van der Waals surface area (Å²) in [6.07, 6.45) is 12.3. The number of pyridine rings is 2. The van der Waals surface area contributed by atoms with Gasteiger partial charge < -0.3 is 45.0 Å². The van der Waals surface area contributed by atoms with Crippen molar-refractivity contribution < 1.29 is 45.2 Å². The highest BCUT2D eigenvalue weighted by Gasteiger charge is 2.28. The van der Waals surface area contributed by atoms with E-state index in [0.29, 0.717) is 71.5 Å². The normalized spacial score (nSPS) is 11.8. The number of carbonyl (C=O) groups is 1. The van der Waals surface area contributed by atoms with Crippen LogP contribution in [0.1, 0.15) is 236 Å². The Hall–Kier alpha value is -9.01. The lowest BCUT2D eigenvalue weighted by Crippen LogP contribution is -2.26. The zero-order chi connectivity index (χ0) is 81.7. The Balaban J connectivity index is -0.000000200. The second kappa shape index (κ2) is 71.0. The average molecular weight is 1430 g/mol. The fourth-order valence-electron chi connectivity index (χ4n) is 5.37. The molecule has 1 aliphatic rings. The first kappa shape index (κ1) is 108. The van der Waals surface area contributed by atoms with Gasteiger partial charge in [0.1, 0.15) is 53.8 Å². The summed E-state index contributed by atoms with van der Waals surface area (Å²) in [6, 6.07) is 9.57. The van der Waals surface area contributed by atoms with Gasteiger partial charge in [0.2, 0.25) is 5.78 Å². The molecule has 4 rings (SSSR count). The molecular formula is C88H133N7O9. The summed E-state index contributed by atoms with van der Waals surface area (Å²) in [6.45, 7) is 54.5. The minimum atomic E-state index is -1.23. The SMILES string of the molecule is C/C(=N\O)C(C)C.C/C(C#CC(C)C)=N\O.CC(=O)C#CC(C)C.CC(C)C#CC(C)(O)CO.CC(C)C#CC(C)O.CC(C)C#CC1(O)CCCC1.CC(C)C#Cc1ccccn1.CC(C)C#Cc1ccncc1.CC(C)C#Cc1cncn1C.CO/N=C(\C)C#CC(C)C.COCC#CC(C)C. The molecule has 0 saturated heterocycles. The third kappa shape index (κ3) is 93.0. The molecule has 16 heteroatoms. The number of hydrogen-bond acceptors (Lipinski definition) is 15. The van der Waals surface area contributed by atoms with E-state index in [0.717, 1.165) is 54.1 Å². The van der Waals surface area contributed by atoms with Crippen molar-refractivity contribution in [3.63, 3.8) is 0 Å². The molecular weight excluding hydrogens is 1300 g/mol. The van der Waals surface area contributed by atoms with Crippen molar-refractivity contribution in [2.45, 2.75) is 237 Å². The van der Waals surface area contributed by atoms with Crippen molar-refractivity contribution >= 4 is 22.9 Å². The van der Waals surface area contributed by atoms with Crippen LogP contribution in [-0.4, -0.2) is 118 Å². The number of aliphatic hydroxyl groups is 4. The van der Waals surface area contributed by atoms with Crippen molar-refractivity contribution in [2.24, 2.45) is 87.6 Å². The highest BCUT2D eigenvalue weighted by Crippen LogP contribution is 2.28. The van der Waals surface area contributed by atoms with Crippen LogP contribution in [0.2, 0.25) is 0 Å². The second-order valence-electron chi connectivity index (χ2n) is 26.9. The standard InChI is InChI=1S/2C10H11N.C10H16O.C9H12N2.C8H13NO.C8H14O2.C7H11NO.2C7H12O.C7H10O.C5H11NO/c1-9(2)3-4-10-5-7-11-8-6-10;1-9(2)6-7-10-5-3-4-8-11-10;1-9(2)5-8-10(11)6-3-4-7-10;1-8(2)4-5-9-6-10-7-11(9)3;1-7(2)5-6-8(3)9-10-4;1-7(2)4-5-8(3,10)6-9;1-6(2)4-5-7(3)8-9;1-7(2)5-4-6-8-3;2*1-6(2)4-5-7(3)8;1-4(2)5(3)6-7/h5-9H,1-2H3;3-5,8-9H,1-2H3;9,11H,3-4,6-7H2,1-2H3;6-8H,1-3H3;7H,1-4H3;7,9-10H,6H2,1-3H3;6,9H,1-3H3;7H,6H2,1-3H3;6-8H,1-3H3;6H,1-3H3;4,7H,1-3H3/b;;;;9-8+;;8-7+;;;;6-5+. The van der Waals surface area contributed by atoms with Crippen LogP contribution in [0, 0.1) is 184 Å². The lowest BCUT2D eigenvalue weighted by atomic mass is 10.0. The van der Waals surface area contributed by atoms with Crippen molar-refractivity contribution in [2.75, 3.05) is 27.4 Å². The zero-order valence-electron chi connectivity index (χ0n) is 69.5. The van der Waals surface area contributed by atoms with Crippen molar-refractivity contribution in [3.05, 3.63) is 78.4 Å². The molecule has 0 spiro atoms. The van der Waals surface area contributed by atoms with Gasteiger partial charge in [-0.05, 0) is 120 Å². The summed E-state index contributed by atoms with van der Waals surface area (Å²) in [7, 11) is 5.10. The number of aromatic nitrogens is 4. The minimum absolute atomic E-state index is 0.0568. The summed E-state index contributed by atoms with van der Waals surface area (Å²) in [4.78, 5) is 26.6. The van der Waals surface area contributed by atoms with E-state index in [2.05, 4.69) is 209 Å². The number of nitrogens with zero attached hydrogens (tertiary/aromatic N) is 7. The molecule has 1 aliphatic carbocycles. The van der Waals surface area contributed by atoms with E-state index >= 15 is 0 Å². The molecule has 6 N–H and O–H groups in total. The molecule has 0 amide bonds. The number of ether oxygens (including phenoxy) is 1. The van der Waals surface area contributed by atoms with Crippen molar-refractivity contribution in [1.29, 1.82) is 0 Å². The maximum atomic E-state index is 10.2. The maximum absolute atomic E-state index is 10.2. The molecule has 3 aromatic heterocycles. The first-order valence-electron chi connectivity index (χ1n) is 35.5. The lowest BCUT2D eigenvalue weighted by molar-refractivity contribution is -0.111. The topological polar surface area (TPSA) is 238 Å². The molecule has 1 saturated carbocycles. The molecule has 3 heterocycles. The van der Waals surface area contributed by atoms with E-state index in [1.165, 1.54) is 21.0 Å². The maximum Gasteiger partial charge on any atom is 0.202 e. The van der Waals surface area contributed by atoms with E-state index in [1.54, 1.807) is 59.0 Å². The van der Waals surface area contributed by atoms with Gasteiger partial charge in [-0.3, -0.25) is 9.78 Å². The molecule has 104 heavy (non-hydrogen) atoms. The second-order valence-corrected chi connectivity index (χ2v) is 26.9. The van der Waals surface area contributed by atoms with Crippen LogP contribution in [0.15, 0.2) is 76.9 Å². The number of hydrogen-bond donors (Lipinski definition) is 6. The van der Waals surface area contributed by atoms with Gasteiger partial charge in [-0.25, -0.2) is 9.97 Å². The first-order valence-corrected chi connectivity index (χ1v) is 35.5. The van der Waals surface area contributed by atoms with Gasteiger partial charge in [-0.15, -0.1) is 0 Å². The van der Waals surface area contributed by atoms with Crippen LogP contribution in [0.5, 0.6) is 0 Å². The molecule has 0 aliphatic heterocycles. The highest BCUT2D eigenvalue weighted by molar-refractivity contribution is 5.98. The van der Waals surface area contributed by atoms with Gasteiger partial charge in [0.25, 0.3) is 0 Å². The van der Waals surface area contributed by atoms with E-state index in [4.69, 9.17) is 30.5 Å². The Morgan fingerprint density at radius 3 is 1.38 bits per heavy atom. The molecule has 1 fully saturated rings. The molecule has 0 bridgehead atoms. The fraction of sp³-hybridized carbons (Fsp3) is 0.580. The number of aryl methyl sites for hydroxylation is 1. The van der Waals surface area contributed by atoms with Gasteiger partial charge in [0.15, 0.2) is 0 Å². The molecule has 3 aromatic rings. The van der Waals surface area contributed by atoms with Gasteiger partial charge in [0.05, 0.1) is 24.8 Å². The number of Topliss-reactive ketones (excluding diaryl/α,β-unsaturated/α-hetero) is 1. The third-order valence-corrected chi connectivity index (χ3v) is 10.8. The quantitative estimate of drug-likeness (QED) is 0.0470. The fourth-order valence-corrected chi connectivity index (χ4v) is 5.37. The third-order valence-electron chi connectivity index (χ3n) is 10.8.